The second-order valence-corrected chi connectivity index (χ2v) is 10.3. The van der Waals surface area contributed by atoms with Crippen LogP contribution in [0.15, 0.2) is 36.7 Å². The molecule has 0 bridgehead atoms. The largest absolute Gasteiger partial charge is 0.236 e. The standard InChI is InChI=1S/C32H52N2/c1-3-5-7-9-11-12-13-14-15-16-18-20-22-30-27-33-32(34-28-30)31-25-23-29(24-26-31)21-19-17-10-8-6-4-2/h23-28H,3-22H2,1-2H3. The Balaban J connectivity index is 1.54. The van der Waals surface area contributed by atoms with Gasteiger partial charge in [0.15, 0.2) is 5.82 Å². The summed E-state index contributed by atoms with van der Waals surface area (Å²) < 4.78 is 0. The smallest absolute Gasteiger partial charge is 0.159 e. The first-order chi connectivity index (χ1) is 16.8. The Labute approximate surface area is 211 Å². The molecule has 1 aromatic carbocycles. The molecule has 190 valence electrons. The molecule has 34 heavy (non-hydrogen) atoms. The van der Waals surface area contributed by atoms with Crippen molar-refractivity contribution in [3.8, 4) is 11.4 Å². The average Bonchev–Trinajstić information content (AvgIpc) is 2.87. The Hall–Kier alpha value is -1.70. The highest BCUT2D eigenvalue weighted by atomic mass is 14.9. The van der Waals surface area contributed by atoms with E-state index in [4.69, 9.17) is 0 Å². The molecule has 0 spiro atoms. The van der Waals surface area contributed by atoms with Crippen LogP contribution in [0, 0.1) is 0 Å². The second-order valence-electron chi connectivity index (χ2n) is 10.3. The van der Waals surface area contributed by atoms with Gasteiger partial charge in [0, 0.05) is 18.0 Å². The monoisotopic (exact) mass is 464 g/mol. The molecule has 0 radical (unpaired) electrons. The summed E-state index contributed by atoms with van der Waals surface area (Å²) >= 11 is 0. The Kier molecular flexibility index (Phi) is 16.4. The molecule has 0 fully saturated rings. The summed E-state index contributed by atoms with van der Waals surface area (Å²) in [6.07, 6.45) is 31.2. The van der Waals surface area contributed by atoms with Crippen molar-refractivity contribution < 1.29 is 0 Å². The summed E-state index contributed by atoms with van der Waals surface area (Å²) in [4.78, 5) is 9.29. The first-order valence-electron chi connectivity index (χ1n) is 14.7. The van der Waals surface area contributed by atoms with E-state index in [2.05, 4.69) is 48.1 Å². The number of rotatable bonds is 21. The average molecular weight is 465 g/mol. The molecule has 0 atom stereocenters. The molecule has 2 nitrogen and oxygen atoms in total. The van der Waals surface area contributed by atoms with Gasteiger partial charge in [-0.3, -0.25) is 0 Å². The van der Waals surface area contributed by atoms with Crippen LogP contribution in [0.3, 0.4) is 0 Å². The van der Waals surface area contributed by atoms with Crippen molar-refractivity contribution in [2.75, 3.05) is 0 Å². The molecule has 2 rings (SSSR count). The lowest BCUT2D eigenvalue weighted by atomic mass is 10.0. The van der Waals surface area contributed by atoms with Crippen molar-refractivity contribution in [2.45, 2.75) is 142 Å². The van der Waals surface area contributed by atoms with Crippen LogP contribution in [0.2, 0.25) is 0 Å². The predicted molar refractivity (Wildman–Crippen MR) is 149 cm³/mol. The molecule has 2 heteroatoms. The van der Waals surface area contributed by atoms with Crippen molar-refractivity contribution in [3.05, 3.63) is 47.8 Å². The van der Waals surface area contributed by atoms with E-state index < -0.39 is 0 Å². The third-order valence-electron chi connectivity index (χ3n) is 7.06. The van der Waals surface area contributed by atoms with Crippen LogP contribution < -0.4 is 0 Å². The summed E-state index contributed by atoms with van der Waals surface area (Å²) in [5.41, 5.74) is 3.84. The van der Waals surface area contributed by atoms with Gasteiger partial charge < -0.3 is 0 Å². The topological polar surface area (TPSA) is 25.8 Å². The lowest BCUT2D eigenvalue weighted by Crippen LogP contribution is -1.94. The first-order valence-corrected chi connectivity index (χ1v) is 14.7. The van der Waals surface area contributed by atoms with Crippen molar-refractivity contribution in [2.24, 2.45) is 0 Å². The maximum Gasteiger partial charge on any atom is 0.159 e. The number of hydrogen-bond donors (Lipinski definition) is 0. The van der Waals surface area contributed by atoms with Crippen molar-refractivity contribution >= 4 is 0 Å². The van der Waals surface area contributed by atoms with E-state index in [1.807, 2.05) is 12.4 Å². The van der Waals surface area contributed by atoms with Crippen molar-refractivity contribution in [3.63, 3.8) is 0 Å². The normalized spacial score (nSPS) is 11.2. The molecule has 1 aromatic heterocycles. The third-order valence-corrected chi connectivity index (χ3v) is 7.06. The fourth-order valence-corrected chi connectivity index (χ4v) is 4.73. The Bertz CT molecular complexity index is 705. The quantitative estimate of drug-likeness (QED) is 0.172. The number of aromatic nitrogens is 2. The molecule has 2 aromatic rings. The molecule has 0 amide bonds. The van der Waals surface area contributed by atoms with Crippen LogP contribution in [-0.2, 0) is 12.8 Å². The van der Waals surface area contributed by atoms with E-state index >= 15 is 0 Å². The van der Waals surface area contributed by atoms with Crippen LogP contribution in [-0.4, -0.2) is 9.97 Å². The second kappa shape index (κ2) is 19.6. The minimum absolute atomic E-state index is 0.851. The van der Waals surface area contributed by atoms with E-state index in [0.717, 1.165) is 17.8 Å². The van der Waals surface area contributed by atoms with E-state index in [-0.39, 0.29) is 0 Å². The number of nitrogens with zero attached hydrogens (tertiary/aromatic N) is 2. The first kappa shape index (κ1) is 28.5. The van der Waals surface area contributed by atoms with Gasteiger partial charge in [-0.25, -0.2) is 9.97 Å². The molecule has 0 saturated carbocycles. The SMILES string of the molecule is CCCCCCCCCCCCCCc1cnc(-c2ccc(CCCCCCCC)cc2)nc1. The molecule has 0 unspecified atom stereocenters. The van der Waals surface area contributed by atoms with Gasteiger partial charge in [0.05, 0.1) is 0 Å². The number of aryl methyl sites for hydroxylation is 2. The lowest BCUT2D eigenvalue weighted by Gasteiger charge is -2.06. The van der Waals surface area contributed by atoms with Gasteiger partial charge in [0.1, 0.15) is 0 Å². The lowest BCUT2D eigenvalue weighted by molar-refractivity contribution is 0.544. The van der Waals surface area contributed by atoms with E-state index in [9.17, 15) is 0 Å². The summed E-state index contributed by atoms with van der Waals surface area (Å²) in [5.74, 6) is 0.851. The van der Waals surface area contributed by atoms with Gasteiger partial charge in [-0.1, -0.05) is 141 Å². The van der Waals surface area contributed by atoms with Gasteiger partial charge in [-0.05, 0) is 36.8 Å². The molecule has 0 aliphatic rings. The summed E-state index contributed by atoms with van der Waals surface area (Å²) in [6, 6.07) is 8.88. The number of unbranched alkanes of at least 4 members (excludes halogenated alkanes) is 16. The summed E-state index contributed by atoms with van der Waals surface area (Å²) in [5, 5.41) is 0. The van der Waals surface area contributed by atoms with Gasteiger partial charge >= 0.3 is 0 Å². The van der Waals surface area contributed by atoms with E-state index in [1.54, 1.807) is 0 Å². The minimum Gasteiger partial charge on any atom is -0.236 e. The molecule has 0 aliphatic carbocycles. The zero-order chi connectivity index (χ0) is 24.1. The molecular formula is C32H52N2. The minimum atomic E-state index is 0.851. The zero-order valence-electron chi connectivity index (χ0n) is 22.5. The number of benzene rings is 1. The van der Waals surface area contributed by atoms with Crippen molar-refractivity contribution in [1.82, 2.24) is 9.97 Å². The molecule has 1 heterocycles. The Morgan fingerprint density at radius 2 is 0.824 bits per heavy atom. The van der Waals surface area contributed by atoms with Crippen molar-refractivity contribution in [1.29, 1.82) is 0 Å². The molecular weight excluding hydrogens is 412 g/mol. The fourth-order valence-electron chi connectivity index (χ4n) is 4.73. The van der Waals surface area contributed by atoms with Gasteiger partial charge in [0.25, 0.3) is 0 Å². The van der Waals surface area contributed by atoms with Crippen LogP contribution in [0.25, 0.3) is 11.4 Å². The van der Waals surface area contributed by atoms with Gasteiger partial charge in [0.2, 0.25) is 0 Å². The Morgan fingerprint density at radius 3 is 1.26 bits per heavy atom. The summed E-state index contributed by atoms with van der Waals surface area (Å²) in [6.45, 7) is 4.57. The van der Waals surface area contributed by atoms with Gasteiger partial charge in [-0.2, -0.15) is 0 Å². The maximum absolute atomic E-state index is 4.65. The third kappa shape index (κ3) is 13.3. The van der Waals surface area contributed by atoms with Crippen LogP contribution in [0.5, 0.6) is 0 Å². The maximum atomic E-state index is 4.65. The highest BCUT2D eigenvalue weighted by molar-refractivity contribution is 5.55. The fraction of sp³-hybridized carbons (Fsp3) is 0.688. The molecule has 0 saturated heterocycles. The predicted octanol–water partition coefficient (Wildman–Crippen LogP) is 10.3. The highest BCUT2D eigenvalue weighted by Crippen LogP contribution is 2.18. The van der Waals surface area contributed by atoms with Crippen LogP contribution >= 0.6 is 0 Å². The van der Waals surface area contributed by atoms with Crippen LogP contribution in [0.4, 0.5) is 0 Å². The zero-order valence-corrected chi connectivity index (χ0v) is 22.5. The van der Waals surface area contributed by atoms with Crippen LogP contribution in [0.1, 0.15) is 141 Å². The summed E-state index contributed by atoms with van der Waals surface area (Å²) in [7, 11) is 0. The molecule has 0 N–H and O–H groups in total. The van der Waals surface area contributed by atoms with E-state index in [0.29, 0.717) is 0 Å². The molecule has 0 aliphatic heterocycles. The van der Waals surface area contributed by atoms with Gasteiger partial charge in [-0.15, -0.1) is 0 Å². The Morgan fingerprint density at radius 1 is 0.441 bits per heavy atom. The number of hydrogen-bond acceptors (Lipinski definition) is 2. The highest BCUT2D eigenvalue weighted by Gasteiger charge is 2.03. The van der Waals surface area contributed by atoms with E-state index in [1.165, 1.54) is 133 Å².